The fourth-order valence-electron chi connectivity index (χ4n) is 1.62. The molecule has 0 unspecified atom stereocenters. The molecular formula is C12H27N5O. The zero-order valence-corrected chi connectivity index (χ0v) is 11.5. The number of nitrogens with two attached hydrogens (primary N) is 2. The van der Waals surface area contributed by atoms with Gasteiger partial charge in [0.05, 0.1) is 6.04 Å². The molecular weight excluding hydrogens is 230 g/mol. The van der Waals surface area contributed by atoms with Crippen LogP contribution < -0.4 is 22.1 Å². The van der Waals surface area contributed by atoms with Gasteiger partial charge in [-0.1, -0.05) is 19.8 Å². The Morgan fingerprint density at radius 1 is 1.28 bits per heavy atom. The Balaban J connectivity index is 3.78. The number of nitrogens with one attached hydrogen (secondary N) is 2. The molecule has 0 spiro atoms. The third kappa shape index (κ3) is 8.81. The van der Waals surface area contributed by atoms with Gasteiger partial charge in [0.25, 0.3) is 0 Å². The summed E-state index contributed by atoms with van der Waals surface area (Å²) in [6.07, 6.45) is 4.85. The van der Waals surface area contributed by atoms with Crippen LogP contribution in [0.15, 0.2) is 4.99 Å². The fraction of sp³-hybridized carbons (Fsp3) is 0.833. The molecule has 0 fully saturated rings. The van der Waals surface area contributed by atoms with Gasteiger partial charge in [-0.05, 0) is 26.3 Å². The van der Waals surface area contributed by atoms with E-state index in [0.717, 1.165) is 38.6 Å². The summed E-state index contributed by atoms with van der Waals surface area (Å²) in [5, 5.41) is 5.94. The molecule has 0 aliphatic heterocycles. The van der Waals surface area contributed by atoms with Crippen LogP contribution in [0.5, 0.6) is 0 Å². The zero-order valence-electron chi connectivity index (χ0n) is 11.5. The first-order valence-corrected chi connectivity index (χ1v) is 6.62. The van der Waals surface area contributed by atoms with E-state index in [1.54, 1.807) is 7.05 Å². The summed E-state index contributed by atoms with van der Waals surface area (Å²) in [4.78, 5) is 15.7. The minimum atomic E-state index is -0.166. The molecule has 0 rings (SSSR count). The van der Waals surface area contributed by atoms with Crippen LogP contribution in [0.25, 0.3) is 0 Å². The van der Waals surface area contributed by atoms with Gasteiger partial charge in [0.15, 0.2) is 5.96 Å². The zero-order chi connectivity index (χ0) is 13.8. The second kappa shape index (κ2) is 10.8. The molecule has 18 heavy (non-hydrogen) atoms. The van der Waals surface area contributed by atoms with Gasteiger partial charge in [-0.25, -0.2) is 0 Å². The molecule has 0 saturated heterocycles. The number of aliphatic imine (C=N–C) groups is 1. The van der Waals surface area contributed by atoms with Crippen molar-refractivity contribution in [2.45, 2.75) is 45.1 Å². The molecule has 0 aliphatic carbocycles. The summed E-state index contributed by atoms with van der Waals surface area (Å²) >= 11 is 0. The predicted molar refractivity (Wildman–Crippen MR) is 75.3 cm³/mol. The van der Waals surface area contributed by atoms with Gasteiger partial charge in [-0.15, -0.1) is 0 Å². The van der Waals surface area contributed by atoms with Gasteiger partial charge in [0.1, 0.15) is 0 Å². The molecule has 0 aliphatic rings. The monoisotopic (exact) mass is 257 g/mol. The molecule has 0 heterocycles. The lowest BCUT2D eigenvalue weighted by Gasteiger charge is -2.15. The second-order valence-electron chi connectivity index (χ2n) is 4.29. The number of nitrogens with zero attached hydrogens (tertiary/aromatic N) is 1. The first-order chi connectivity index (χ1) is 8.61. The van der Waals surface area contributed by atoms with Crippen molar-refractivity contribution < 1.29 is 4.79 Å². The molecule has 6 nitrogen and oxygen atoms in total. The first kappa shape index (κ1) is 16.7. The fourth-order valence-corrected chi connectivity index (χ4v) is 1.62. The number of carbonyl (C=O) groups is 1. The van der Waals surface area contributed by atoms with Crippen LogP contribution in [0, 0.1) is 0 Å². The van der Waals surface area contributed by atoms with E-state index < -0.39 is 0 Å². The Bertz CT molecular complexity index is 251. The van der Waals surface area contributed by atoms with E-state index in [1.807, 2.05) is 0 Å². The van der Waals surface area contributed by atoms with Crippen LogP contribution >= 0.6 is 0 Å². The van der Waals surface area contributed by atoms with E-state index >= 15 is 0 Å². The number of carbonyl (C=O) groups excluding carboxylic acids is 1. The Morgan fingerprint density at radius 2 is 2.00 bits per heavy atom. The van der Waals surface area contributed by atoms with Crippen molar-refractivity contribution in [3.63, 3.8) is 0 Å². The standard InChI is InChI=1S/C12H27N5O/c1-3-4-5-8-16-11(18)10(15-2)7-6-9-17-12(13)14/h10,15H,3-9H2,1-2H3,(H,16,18)(H4,13,14,17)/t10-/m1/s1. The average molecular weight is 257 g/mol. The van der Waals surface area contributed by atoms with E-state index in [9.17, 15) is 4.79 Å². The van der Waals surface area contributed by atoms with Gasteiger partial charge in [-0.3, -0.25) is 9.79 Å². The highest BCUT2D eigenvalue weighted by molar-refractivity contribution is 5.81. The molecule has 0 saturated carbocycles. The van der Waals surface area contributed by atoms with Crippen molar-refractivity contribution in [3.8, 4) is 0 Å². The van der Waals surface area contributed by atoms with E-state index in [0.29, 0.717) is 6.54 Å². The van der Waals surface area contributed by atoms with Crippen molar-refractivity contribution in [3.05, 3.63) is 0 Å². The average Bonchev–Trinajstić information content (AvgIpc) is 2.34. The molecule has 6 N–H and O–H groups in total. The molecule has 0 bridgehead atoms. The lowest BCUT2D eigenvalue weighted by molar-refractivity contribution is -0.123. The number of unbranched alkanes of at least 4 members (excludes halogenated alkanes) is 2. The van der Waals surface area contributed by atoms with Gasteiger partial charge >= 0.3 is 0 Å². The highest BCUT2D eigenvalue weighted by atomic mass is 16.2. The SMILES string of the molecule is CCCCCNC(=O)[C@@H](CCCN=C(N)N)NC. The maximum absolute atomic E-state index is 11.8. The smallest absolute Gasteiger partial charge is 0.237 e. The molecule has 0 aromatic rings. The summed E-state index contributed by atoms with van der Waals surface area (Å²) in [7, 11) is 1.79. The summed E-state index contributed by atoms with van der Waals surface area (Å²) < 4.78 is 0. The molecule has 1 atom stereocenters. The molecule has 0 aromatic heterocycles. The third-order valence-electron chi connectivity index (χ3n) is 2.69. The first-order valence-electron chi connectivity index (χ1n) is 6.62. The van der Waals surface area contributed by atoms with E-state index in [1.165, 1.54) is 0 Å². The number of rotatable bonds is 10. The van der Waals surface area contributed by atoms with Crippen molar-refractivity contribution in [1.29, 1.82) is 0 Å². The van der Waals surface area contributed by atoms with Gasteiger partial charge in [-0.2, -0.15) is 0 Å². The molecule has 0 radical (unpaired) electrons. The summed E-state index contributed by atoms with van der Waals surface area (Å²) in [6.45, 7) is 3.45. The number of likely N-dealkylation sites (N-methyl/N-ethyl adjacent to an activating group) is 1. The predicted octanol–water partition coefficient (Wildman–Crippen LogP) is -0.0656. The Labute approximate surface area is 110 Å². The van der Waals surface area contributed by atoms with Crippen LogP contribution in [0.1, 0.15) is 39.0 Å². The number of amides is 1. The lowest BCUT2D eigenvalue weighted by atomic mass is 10.1. The summed E-state index contributed by atoms with van der Waals surface area (Å²) in [6, 6.07) is -0.166. The minimum Gasteiger partial charge on any atom is -0.370 e. The van der Waals surface area contributed by atoms with Gasteiger partial charge in [0, 0.05) is 13.1 Å². The van der Waals surface area contributed by atoms with Gasteiger partial charge in [0.2, 0.25) is 5.91 Å². The number of guanidine groups is 1. The molecule has 1 amide bonds. The molecule has 106 valence electrons. The van der Waals surface area contributed by atoms with E-state index in [2.05, 4.69) is 22.5 Å². The summed E-state index contributed by atoms with van der Waals surface area (Å²) in [5.41, 5.74) is 10.5. The van der Waals surface area contributed by atoms with E-state index in [-0.39, 0.29) is 17.9 Å². The van der Waals surface area contributed by atoms with Crippen LogP contribution in [0.3, 0.4) is 0 Å². The minimum absolute atomic E-state index is 0.0540. The normalized spacial score (nSPS) is 11.9. The Morgan fingerprint density at radius 3 is 2.56 bits per heavy atom. The van der Waals surface area contributed by atoms with Gasteiger partial charge < -0.3 is 22.1 Å². The maximum Gasteiger partial charge on any atom is 0.237 e. The van der Waals surface area contributed by atoms with Crippen LogP contribution in [-0.2, 0) is 4.79 Å². The highest BCUT2D eigenvalue weighted by Crippen LogP contribution is 1.98. The Hall–Kier alpha value is -1.30. The van der Waals surface area contributed by atoms with Crippen molar-refractivity contribution >= 4 is 11.9 Å². The topological polar surface area (TPSA) is 106 Å². The summed E-state index contributed by atoms with van der Waals surface area (Å²) in [5.74, 6) is 0.151. The van der Waals surface area contributed by atoms with Crippen molar-refractivity contribution in [2.24, 2.45) is 16.5 Å². The largest absolute Gasteiger partial charge is 0.370 e. The molecule has 0 aromatic carbocycles. The quantitative estimate of drug-likeness (QED) is 0.250. The molecule has 6 heteroatoms. The maximum atomic E-state index is 11.8. The number of hydrogen-bond acceptors (Lipinski definition) is 3. The van der Waals surface area contributed by atoms with Crippen molar-refractivity contribution in [2.75, 3.05) is 20.1 Å². The highest BCUT2D eigenvalue weighted by Gasteiger charge is 2.14. The third-order valence-corrected chi connectivity index (χ3v) is 2.69. The van der Waals surface area contributed by atoms with Crippen LogP contribution in [-0.4, -0.2) is 38.0 Å². The van der Waals surface area contributed by atoms with Crippen LogP contribution in [0.4, 0.5) is 0 Å². The van der Waals surface area contributed by atoms with E-state index in [4.69, 9.17) is 11.5 Å². The second-order valence-corrected chi connectivity index (χ2v) is 4.29. The van der Waals surface area contributed by atoms with Crippen molar-refractivity contribution in [1.82, 2.24) is 10.6 Å². The lowest BCUT2D eigenvalue weighted by Crippen LogP contribution is -2.43. The Kier molecular flexibility index (Phi) is 10.0. The number of hydrogen-bond donors (Lipinski definition) is 4. The van der Waals surface area contributed by atoms with Crippen LogP contribution in [0.2, 0.25) is 0 Å².